The van der Waals surface area contributed by atoms with Crippen molar-refractivity contribution in [3.63, 3.8) is 0 Å². The van der Waals surface area contributed by atoms with Gasteiger partial charge >= 0.3 is 0 Å². The van der Waals surface area contributed by atoms with Gasteiger partial charge in [-0.3, -0.25) is 0 Å². The van der Waals surface area contributed by atoms with Gasteiger partial charge in [-0.1, -0.05) is 0 Å². The van der Waals surface area contributed by atoms with Gasteiger partial charge < -0.3 is 9.47 Å². The van der Waals surface area contributed by atoms with Gasteiger partial charge in [0.05, 0.1) is 5.69 Å². The van der Waals surface area contributed by atoms with Crippen LogP contribution in [0.15, 0.2) is 24.7 Å². The van der Waals surface area contributed by atoms with Crippen molar-refractivity contribution in [1.29, 1.82) is 5.26 Å². The molecule has 3 heterocycles. The van der Waals surface area contributed by atoms with E-state index in [4.69, 9.17) is 0 Å². The van der Waals surface area contributed by atoms with E-state index in [0.717, 1.165) is 44.0 Å². The largest absolute Gasteiger partial charge is 0.368 e. The Kier molecular flexibility index (Phi) is 3.82. The van der Waals surface area contributed by atoms with Crippen molar-refractivity contribution in [3.8, 4) is 6.07 Å². The van der Waals surface area contributed by atoms with Gasteiger partial charge in [-0.25, -0.2) is 4.98 Å². The standard InChI is InChI=1S/C15H18N6/c1-2-20-11-18-19-15(20)12-5-4-8-21(10-12)14-6-3-7-17-13(14)9-16/h3,6-7,11-12H,2,4-5,8,10H2,1H3. The minimum atomic E-state index is 0.355. The lowest BCUT2D eigenvalue weighted by atomic mass is 9.96. The van der Waals surface area contributed by atoms with Crippen LogP contribution in [0.3, 0.4) is 0 Å². The van der Waals surface area contributed by atoms with Gasteiger partial charge in [0.15, 0.2) is 5.69 Å². The fourth-order valence-corrected chi connectivity index (χ4v) is 2.97. The van der Waals surface area contributed by atoms with E-state index in [0.29, 0.717) is 11.6 Å². The zero-order valence-corrected chi connectivity index (χ0v) is 12.1. The summed E-state index contributed by atoms with van der Waals surface area (Å²) in [6, 6.07) is 6.03. The number of pyridine rings is 1. The molecule has 21 heavy (non-hydrogen) atoms. The first-order chi connectivity index (χ1) is 10.3. The average molecular weight is 282 g/mol. The molecule has 0 saturated carbocycles. The van der Waals surface area contributed by atoms with Crippen LogP contribution >= 0.6 is 0 Å². The second kappa shape index (κ2) is 5.92. The first-order valence-corrected chi connectivity index (χ1v) is 7.31. The summed E-state index contributed by atoms with van der Waals surface area (Å²) in [5, 5.41) is 17.5. The monoisotopic (exact) mass is 282 g/mol. The van der Waals surface area contributed by atoms with Crippen molar-refractivity contribution in [1.82, 2.24) is 19.7 Å². The average Bonchev–Trinajstić information content (AvgIpc) is 3.03. The van der Waals surface area contributed by atoms with Crippen molar-refractivity contribution in [3.05, 3.63) is 36.2 Å². The summed E-state index contributed by atoms with van der Waals surface area (Å²) < 4.78 is 2.10. The van der Waals surface area contributed by atoms with Crippen molar-refractivity contribution in [2.75, 3.05) is 18.0 Å². The Morgan fingerprint density at radius 2 is 2.38 bits per heavy atom. The molecule has 1 unspecified atom stereocenters. The van der Waals surface area contributed by atoms with Crippen LogP contribution in [0.2, 0.25) is 0 Å². The molecule has 3 rings (SSSR count). The van der Waals surface area contributed by atoms with Gasteiger partial charge in [-0.2, -0.15) is 5.26 Å². The first-order valence-electron chi connectivity index (χ1n) is 7.31. The van der Waals surface area contributed by atoms with Gasteiger partial charge in [0.1, 0.15) is 18.2 Å². The summed E-state index contributed by atoms with van der Waals surface area (Å²) in [5.41, 5.74) is 1.42. The molecule has 0 bridgehead atoms. The van der Waals surface area contributed by atoms with Crippen molar-refractivity contribution in [2.24, 2.45) is 0 Å². The molecular weight excluding hydrogens is 264 g/mol. The van der Waals surface area contributed by atoms with E-state index in [1.807, 2.05) is 12.1 Å². The van der Waals surface area contributed by atoms with E-state index in [2.05, 4.69) is 37.6 Å². The maximum absolute atomic E-state index is 9.22. The Morgan fingerprint density at radius 3 is 3.19 bits per heavy atom. The van der Waals surface area contributed by atoms with Gasteiger partial charge in [0.2, 0.25) is 0 Å². The van der Waals surface area contributed by atoms with Crippen LogP contribution in [0.5, 0.6) is 0 Å². The van der Waals surface area contributed by atoms with Crippen LogP contribution in [0.4, 0.5) is 5.69 Å². The lowest BCUT2D eigenvalue weighted by Crippen LogP contribution is -2.36. The van der Waals surface area contributed by atoms with Crippen molar-refractivity contribution < 1.29 is 0 Å². The quantitative estimate of drug-likeness (QED) is 0.860. The minimum absolute atomic E-state index is 0.355. The molecule has 6 heteroatoms. The first kappa shape index (κ1) is 13.6. The zero-order chi connectivity index (χ0) is 14.7. The van der Waals surface area contributed by atoms with E-state index < -0.39 is 0 Å². The Labute approximate surface area is 124 Å². The maximum atomic E-state index is 9.22. The predicted molar refractivity (Wildman–Crippen MR) is 78.8 cm³/mol. The van der Waals surface area contributed by atoms with E-state index in [1.165, 1.54) is 0 Å². The second-order valence-electron chi connectivity index (χ2n) is 5.24. The van der Waals surface area contributed by atoms with Crippen molar-refractivity contribution in [2.45, 2.75) is 32.2 Å². The Bertz CT molecular complexity index is 656. The van der Waals surface area contributed by atoms with Crippen LogP contribution < -0.4 is 4.90 Å². The molecule has 108 valence electrons. The molecular formula is C15H18N6. The SMILES string of the molecule is CCn1cnnc1C1CCCN(c2cccnc2C#N)C1. The molecule has 0 radical (unpaired) electrons. The number of anilines is 1. The number of hydrogen-bond donors (Lipinski definition) is 0. The summed E-state index contributed by atoms with van der Waals surface area (Å²) in [7, 11) is 0. The molecule has 6 nitrogen and oxygen atoms in total. The number of rotatable bonds is 3. The third-order valence-corrected chi connectivity index (χ3v) is 4.01. The summed E-state index contributed by atoms with van der Waals surface area (Å²) in [6.45, 7) is 4.80. The van der Waals surface area contributed by atoms with Crippen LogP contribution in [0.25, 0.3) is 0 Å². The Balaban J connectivity index is 1.85. The molecule has 0 amide bonds. The van der Waals surface area contributed by atoms with E-state index >= 15 is 0 Å². The number of aromatic nitrogens is 4. The highest BCUT2D eigenvalue weighted by atomic mass is 15.3. The molecule has 2 aromatic rings. The highest BCUT2D eigenvalue weighted by Crippen LogP contribution is 2.29. The van der Waals surface area contributed by atoms with Gasteiger partial charge in [0.25, 0.3) is 0 Å². The molecule has 0 N–H and O–H groups in total. The number of nitrogens with zero attached hydrogens (tertiary/aromatic N) is 6. The molecule has 0 aromatic carbocycles. The summed E-state index contributed by atoms with van der Waals surface area (Å²) in [5.74, 6) is 1.40. The lowest BCUT2D eigenvalue weighted by molar-refractivity contribution is 0.473. The highest BCUT2D eigenvalue weighted by molar-refractivity contribution is 5.56. The summed E-state index contributed by atoms with van der Waals surface area (Å²) >= 11 is 0. The zero-order valence-electron chi connectivity index (χ0n) is 12.1. The molecule has 0 aliphatic carbocycles. The van der Waals surface area contributed by atoms with Crippen LogP contribution in [-0.4, -0.2) is 32.8 Å². The third kappa shape index (κ3) is 2.59. The maximum Gasteiger partial charge on any atom is 0.163 e. The molecule has 2 aromatic heterocycles. The minimum Gasteiger partial charge on any atom is -0.368 e. The highest BCUT2D eigenvalue weighted by Gasteiger charge is 2.26. The van der Waals surface area contributed by atoms with Crippen LogP contribution in [0, 0.1) is 11.3 Å². The second-order valence-corrected chi connectivity index (χ2v) is 5.24. The van der Waals surface area contributed by atoms with E-state index in [-0.39, 0.29) is 0 Å². The molecule has 1 aliphatic rings. The van der Waals surface area contributed by atoms with Gasteiger partial charge in [-0.05, 0) is 31.9 Å². The van der Waals surface area contributed by atoms with Crippen LogP contribution in [-0.2, 0) is 6.54 Å². The molecule has 1 aliphatic heterocycles. The Morgan fingerprint density at radius 1 is 1.48 bits per heavy atom. The topological polar surface area (TPSA) is 70.6 Å². The molecule has 1 saturated heterocycles. The predicted octanol–water partition coefficient (Wildman–Crippen LogP) is 1.95. The number of piperidine rings is 1. The molecule has 0 spiro atoms. The fraction of sp³-hybridized carbons (Fsp3) is 0.467. The van der Waals surface area contributed by atoms with Gasteiger partial charge in [-0.15, -0.1) is 10.2 Å². The Hall–Kier alpha value is -2.42. The summed E-state index contributed by atoms with van der Waals surface area (Å²) in [6.07, 6.45) is 5.65. The third-order valence-electron chi connectivity index (χ3n) is 4.01. The fourth-order valence-electron chi connectivity index (χ4n) is 2.97. The van der Waals surface area contributed by atoms with E-state index in [9.17, 15) is 5.26 Å². The number of hydrogen-bond acceptors (Lipinski definition) is 5. The molecule has 1 fully saturated rings. The normalized spacial score (nSPS) is 18.5. The van der Waals surface area contributed by atoms with E-state index in [1.54, 1.807) is 12.5 Å². The molecule has 1 atom stereocenters. The number of nitriles is 1. The smallest absolute Gasteiger partial charge is 0.163 e. The number of aryl methyl sites for hydroxylation is 1. The van der Waals surface area contributed by atoms with Crippen molar-refractivity contribution >= 4 is 5.69 Å². The van der Waals surface area contributed by atoms with Crippen LogP contribution in [0.1, 0.15) is 37.2 Å². The lowest BCUT2D eigenvalue weighted by Gasteiger charge is -2.34. The summed E-state index contributed by atoms with van der Waals surface area (Å²) in [4.78, 5) is 6.40. The van der Waals surface area contributed by atoms with Gasteiger partial charge in [0, 0.05) is 31.7 Å².